The van der Waals surface area contributed by atoms with E-state index in [4.69, 9.17) is 0 Å². The Kier molecular flexibility index (Phi) is 3.17. The van der Waals surface area contributed by atoms with E-state index in [0.29, 0.717) is 12.8 Å². The summed E-state index contributed by atoms with van der Waals surface area (Å²) in [6, 6.07) is 2.11. The zero-order chi connectivity index (χ0) is 12.4. The average Bonchev–Trinajstić information content (AvgIpc) is 2.84. The van der Waals surface area contributed by atoms with Crippen LogP contribution in [0.3, 0.4) is 0 Å². The van der Waals surface area contributed by atoms with Gasteiger partial charge in [-0.05, 0) is 12.8 Å². The van der Waals surface area contributed by atoms with Crippen LogP contribution in [0.2, 0.25) is 0 Å². The van der Waals surface area contributed by atoms with Crippen LogP contribution in [0.5, 0.6) is 0 Å². The number of sulfonamides is 1. The highest BCUT2D eigenvalue weighted by atomic mass is 32.2. The maximum absolute atomic E-state index is 12.0. The van der Waals surface area contributed by atoms with Gasteiger partial charge in [-0.25, -0.2) is 8.42 Å². The predicted octanol–water partition coefficient (Wildman–Crippen LogP) is 0.914. The van der Waals surface area contributed by atoms with Gasteiger partial charge in [-0.15, -0.1) is 0 Å². The summed E-state index contributed by atoms with van der Waals surface area (Å²) in [7, 11) is -3.65. The Morgan fingerprint density at radius 2 is 2.12 bits per heavy atom. The molecule has 1 fully saturated rings. The van der Waals surface area contributed by atoms with Gasteiger partial charge in [0.1, 0.15) is 10.4 Å². The highest BCUT2D eigenvalue weighted by Gasteiger charge is 2.36. The van der Waals surface area contributed by atoms with Crippen molar-refractivity contribution in [3.8, 4) is 6.07 Å². The molecule has 1 aliphatic rings. The first kappa shape index (κ1) is 12.1. The van der Waals surface area contributed by atoms with Crippen molar-refractivity contribution in [2.24, 2.45) is 0 Å². The lowest BCUT2D eigenvalue weighted by molar-refractivity contribution is 0.338. The minimum atomic E-state index is -3.65. The van der Waals surface area contributed by atoms with Crippen LogP contribution >= 0.6 is 0 Å². The summed E-state index contributed by atoms with van der Waals surface area (Å²) in [6.07, 6.45) is 6.48. The van der Waals surface area contributed by atoms with Gasteiger partial charge in [-0.3, -0.25) is 5.10 Å². The summed E-state index contributed by atoms with van der Waals surface area (Å²) in [5.41, 5.74) is -0.950. The van der Waals surface area contributed by atoms with Crippen molar-refractivity contribution in [1.29, 1.82) is 5.26 Å². The number of hydrogen-bond acceptors (Lipinski definition) is 4. The zero-order valence-electron chi connectivity index (χ0n) is 9.31. The fourth-order valence-electron chi connectivity index (χ4n) is 2.09. The molecular weight excluding hydrogens is 240 g/mol. The molecule has 1 saturated carbocycles. The number of aromatic amines is 1. The lowest BCUT2D eigenvalue weighted by Gasteiger charge is -2.30. The third-order valence-corrected chi connectivity index (χ3v) is 4.54. The smallest absolute Gasteiger partial charge is 0.245 e. The van der Waals surface area contributed by atoms with Crippen LogP contribution in [-0.4, -0.2) is 24.2 Å². The van der Waals surface area contributed by atoms with Gasteiger partial charge in [-0.1, -0.05) is 19.3 Å². The summed E-state index contributed by atoms with van der Waals surface area (Å²) in [6.45, 7) is 0. The third kappa shape index (κ3) is 2.48. The van der Waals surface area contributed by atoms with Crippen molar-refractivity contribution in [2.45, 2.75) is 42.5 Å². The van der Waals surface area contributed by atoms with E-state index in [0.717, 1.165) is 19.3 Å². The second kappa shape index (κ2) is 4.47. The van der Waals surface area contributed by atoms with Gasteiger partial charge in [0.05, 0.1) is 12.3 Å². The molecule has 2 N–H and O–H groups in total. The quantitative estimate of drug-likeness (QED) is 0.837. The van der Waals surface area contributed by atoms with Crippen molar-refractivity contribution >= 4 is 10.0 Å². The molecule has 0 saturated heterocycles. The molecule has 6 nitrogen and oxygen atoms in total. The molecule has 17 heavy (non-hydrogen) atoms. The first-order valence-electron chi connectivity index (χ1n) is 5.52. The summed E-state index contributed by atoms with van der Waals surface area (Å²) in [5.74, 6) is 0. The van der Waals surface area contributed by atoms with Crippen molar-refractivity contribution in [3.63, 3.8) is 0 Å². The van der Waals surface area contributed by atoms with Crippen LogP contribution in [0, 0.1) is 11.3 Å². The van der Waals surface area contributed by atoms with E-state index in [2.05, 4.69) is 21.0 Å². The Hall–Kier alpha value is -1.39. The summed E-state index contributed by atoms with van der Waals surface area (Å²) >= 11 is 0. The van der Waals surface area contributed by atoms with E-state index in [1.54, 1.807) is 0 Å². The SMILES string of the molecule is N#CC1(NS(=O)(=O)c2cn[nH]c2)CCCCC1. The van der Waals surface area contributed by atoms with Gasteiger partial charge >= 0.3 is 0 Å². The third-order valence-electron chi connectivity index (χ3n) is 3.03. The Morgan fingerprint density at radius 1 is 1.41 bits per heavy atom. The first-order chi connectivity index (χ1) is 8.08. The lowest BCUT2D eigenvalue weighted by Crippen LogP contribution is -2.48. The molecule has 0 atom stereocenters. The van der Waals surface area contributed by atoms with Crippen molar-refractivity contribution in [1.82, 2.24) is 14.9 Å². The minimum absolute atomic E-state index is 0.0673. The first-order valence-corrected chi connectivity index (χ1v) is 7.00. The highest BCUT2D eigenvalue weighted by molar-refractivity contribution is 7.89. The molecule has 0 unspecified atom stereocenters. The van der Waals surface area contributed by atoms with Crippen LogP contribution in [0.25, 0.3) is 0 Å². The maximum Gasteiger partial charge on any atom is 0.245 e. The van der Waals surface area contributed by atoms with E-state index in [-0.39, 0.29) is 4.90 Å². The van der Waals surface area contributed by atoms with E-state index in [1.165, 1.54) is 12.4 Å². The summed E-state index contributed by atoms with van der Waals surface area (Å²) in [5, 5.41) is 15.3. The van der Waals surface area contributed by atoms with E-state index < -0.39 is 15.6 Å². The largest absolute Gasteiger partial charge is 0.284 e. The highest BCUT2D eigenvalue weighted by Crippen LogP contribution is 2.29. The van der Waals surface area contributed by atoms with E-state index in [9.17, 15) is 13.7 Å². The van der Waals surface area contributed by atoms with Gasteiger partial charge in [0, 0.05) is 6.20 Å². The second-order valence-electron chi connectivity index (χ2n) is 4.29. The fraction of sp³-hybridized carbons (Fsp3) is 0.600. The topological polar surface area (TPSA) is 98.6 Å². The van der Waals surface area contributed by atoms with Gasteiger partial charge < -0.3 is 0 Å². The lowest BCUT2D eigenvalue weighted by atomic mass is 9.84. The Balaban J connectivity index is 2.22. The van der Waals surface area contributed by atoms with Crippen molar-refractivity contribution in [2.75, 3.05) is 0 Å². The van der Waals surface area contributed by atoms with Crippen molar-refractivity contribution < 1.29 is 8.42 Å². The molecule has 0 aliphatic heterocycles. The standard InChI is InChI=1S/C10H14N4O2S/c11-8-10(4-2-1-3-5-10)14-17(15,16)9-6-12-13-7-9/h6-7,14H,1-5H2,(H,12,13). The zero-order valence-corrected chi connectivity index (χ0v) is 10.1. The molecule has 0 spiro atoms. The van der Waals surface area contributed by atoms with Crippen LogP contribution in [0.1, 0.15) is 32.1 Å². The summed E-state index contributed by atoms with van der Waals surface area (Å²) in [4.78, 5) is 0.0673. The Morgan fingerprint density at radius 3 is 2.65 bits per heavy atom. The second-order valence-corrected chi connectivity index (χ2v) is 5.98. The van der Waals surface area contributed by atoms with Gasteiger partial charge in [0.15, 0.2) is 0 Å². The number of nitrogens with one attached hydrogen (secondary N) is 2. The molecule has 2 rings (SSSR count). The molecule has 7 heteroatoms. The van der Waals surface area contributed by atoms with E-state index in [1.807, 2.05) is 0 Å². The average molecular weight is 254 g/mol. The molecule has 0 aromatic carbocycles. The summed E-state index contributed by atoms with van der Waals surface area (Å²) < 4.78 is 26.5. The molecule has 92 valence electrons. The van der Waals surface area contributed by atoms with Crippen LogP contribution in [0.4, 0.5) is 0 Å². The number of H-pyrrole nitrogens is 1. The monoisotopic (exact) mass is 254 g/mol. The number of aromatic nitrogens is 2. The Bertz CT molecular complexity index is 509. The predicted molar refractivity (Wildman–Crippen MR) is 60.3 cm³/mol. The molecule has 1 aliphatic carbocycles. The van der Waals surface area contributed by atoms with Crippen LogP contribution in [0.15, 0.2) is 17.3 Å². The molecule has 1 heterocycles. The Labute approximate surface area is 100 Å². The van der Waals surface area contributed by atoms with Gasteiger partial charge in [0.25, 0.3) is 0 Å². The molecule has 0 amide bonds. The number of rotatable bonds is 3. The normalized spacial score (nSPS) is 19.7. The molecule has 0 bridgehead atoms. The van der Waals surface area contributed by atoms with Crippen LogP contribution < -0.4 is 4.72 Å². The van der Waals surface area contributed by atoms with Gasteiger partial charge in [0.2, 0.25) is 10.0 Å². The molecule has 0 radical (unpaired) electrons. The van der Waals surface area contributed by atoms with Crippen LogP contribution in [-0.2, 0) is 10.0 Å². The van der Waals surface area contributed by atoms with E-state index >= 15 is 0 Å². The number of hydrogen-bond donors (Lipinski definition) is 2. The number of nitriles is 1. The maximum atomic E-state index is 12.0. The number of nitrogens with zero attached hydrogens (tertiary/aromatic N) is 2. The van der Waals surface area contributed by atoms with Gasteiger partial charge in [-0.2, -0.15) is 15.1 Å². The molecule has 1 aromatic heterocycles. The molecule has 1 aromatic rings. The van der Waals surface area contributed by atoms with Crippen molar-refractivity contribution in [3.05, 3.63) is 12.4 Å². The minimum Gasteiger partial charge on any atom is -0.284 e. The fourth-order valence-corrected chi connectivity index (χ4v) is 3.38. The molecular formula is C10H14N4O2S.